The van der Waals surface area contributed by atoms with Gasteiger partial charge in [0.15, 0.2) is 5.03 Å². The van der Waals surface area contributed by atoms with Crippen LogP contribution in [-0.2, 0) is 4.79 Å². The predicted molar refractivity (Wildman–Crippen MR) is 126 cm³/mol. The van der Waals surface area contributed by atoms with Crippen molar-refractivity contribution in [1.29, 1.82) is 0 Å². The number of hydrogen-bond donors (Lipinski definition) is 4. The van der Waals surface area contributed by atoms with Crippen molar-refractivity contribution >= 4 is 36.5 Å². The van der Waals surface area contributed by atoms with Crippen LogP contribution in [0.5, 0.6) is 0 Å². The number of hydrogen-bond acceptors (Lipinski definition) is 6. The number of fused-ring (bicyclic) bond motifs is 1. The summed E-state index contributed by atoms with van der Waals surface area (Å²) in [4.78, 5) is 44.2. The number of para-hydroxylation sites is 1. The quantitative estimate of drug-likeness (QED) is 0.0979. The van der Waals surface area contributed by atoms with Crippen molar-refractivity contribution in [3.63, 3.8) is 0 Å². The lowest BCUT2D eigenvalue weighted by molar-refractivity contribution is -0.525. The van der Waals surface area contributed by atoms with Crippen LogP contribution in [-0.4, -0.2) is 54.2 Å². The smallest absolute Gasteiger partial charge is 0.270 e. The molecule has 1 aromatic heterocycles. The summed E-state index contributed by atoms with van der Waals surface area (Å²) in [5.41, 5.74) is 7.97. The number of guanidine groups is 1. The van der Waals surface area contributed by atoms with E-state index in [-0.39, 0.29) is 30.5 Å². The van der Waals surface area contributed by atoms with E-state index in [0.29, 0.717) is 18.4 Å². The predicted octanol–water partition coefficient (Wildman–Crippen LogP) is 0.866. The summed E-state index contributed by atoms with van der Waals surface area (Å²) in [6.07, 6.45) is 1.13. The molecule has 0 saturated carbocycles. The lowest BCUT2D eigenvalue weighted by Crippen LogP contribution is -2.50. The Morgan fingerprint density at radius 2 is 1.94 bits per heavy atom. The Morgan fingerprint density at radius 1 is 1.21 bits per heavy atom. The van der Waals surface area contributed by atoms with E-state index in [4.69, 9.17) is 13.6 Å². The molecule has 0 saturated heterocycles. The molecule has 0 unspecified atom stereocenters. The van der Waals surface area contributed by atoms with Gasteiger partial charge < -0.3 is 16.4 Å². The van der Waals surface area contributed by atoms with Crippen LogP contribution in [0.4, 0.5) is 0 Å². The van der Waals surface area contributed by atoms with Gasteiger partial charge in [-0.2, -0.15) is 0 Å². The second-order valence-corrected chi connectivity index (χ2v) is 7.94. The number of nitro groups is 1. The van der Waals surface area contributed by atoms with Gasteiger partial charge in [-0.25, -0.2) is 20.1 Å². The lowest BCUT2D eigenvalue weighted by atomic mass is 9.88. The summed E-state index contributed by atoms with van der Waals surface area (Å²) < 4.78 is 0. The minimum Gasteiger partial charge on any atom is -0.365 e. The number of pyridine rings is 1. The van der Waals surface area contributed by atoms with Gasteiger partial charge in [0.05, 0.1) is 13.4 Å². The first-order valence-electron chi connectivity index (χ1n) is 10.6. The van der Waals surface area contributed by atoms with Gasteiger partial charge >= 0.3 is 0 Å². The number of rotatable bonds is 11. The highest BCUT2D eigenvalue weighted by Crippen LogP contribution is 2.12. The highest BCUT2D eigenvalue weighted by atomic mass is 16.7. The van der Waals surface area contributed by atoms with E-state index in [1.165, 1.54) is 0 Å². The Hall–Kier alpha value is -3.70. The average Bonchev–Trinajstić information content (AvgIpc) is 2.74. The van der Waals surface area contributed by atoms with Crippen molar-refractivity contribution in [3.05, 3.63) is 52.2 Å². The Balaban J connectivity index is 2.08. The number of nitrogens with two attached hydrogens (primary N) is 1. The number of aliphatic imine (C=N–C) groups is 1. The van der Waals surface area contributed by atoms with Crippen LogP contribution >= 0.6 is 0 Å². The monoisotopic (exact) mass is 453 g/mol. The van der Waals surface area contributed by atoms with Gasteiger partial charge in [-0.05, 0) is 43.3 Å². The largest absolute Gasteiger partial charge is 0.365 e. The minimum absolute atomic E-state index is 0.124. The van der Waals surface area contributed by atoms with Crippen LogP contribution in [0.2, 0.25) is 0 Å². The van der Waals surface area contributed by atoms with E-state index in [0.717, 1.165) is 5.39 Å². The molecule has 0 aliphatic rings. The Bertz CT molecular complexity index is 1020. The van der Waals surface area contributed by atoms with Crippen LogP contribution in [0.3, 0.4) is 0 Å². The molecular formula is C21H28BN7O4. The van der Waals surface area contributed by atoms with Crippen molar-refractivity contribution in [2.24, 2.45) is 16.6 Å². The molecule has 33 heavy (non-hydrogen) atoms. The highest BCUT2D eigenvalue weighted by molar-refractivity contribution is 6.13. The summed E-state index contributed by atoms with van der Waals surface area (Å²) >= 11 is 0. The van der Waals surface area contributed by atoms with Crippen molar-refractivity contribution in [2.45, 2.75) is 45.1 Å². The molecule has 0 aliphatic heterocycles. The number of nitrogens with one attached hydrogen (secondary N) is 3. The van der Waals surface area contributed by atoms with E-state index in [2.05, 4.69) is 20.6 Å². The molecule has 2 rings (SSSR count). The fourth-order valence-corrected chi connectivity index (χ4v) is 3.17. The fraction of sp³-hybridized carbons (Fsp3) is 0.429. The molecule has 12 heteroatoms. The SMILES string of the molecule is [B][C@H](CC(C)C)NC(=O)[C@H](CCCN=C(N)N[N+](=O)[O-])NC(=O)c1ccc2ccccc2n1. The van der Waals surface area contributed by atoms with Crippen LogP contribution in [0, 0.1) is 16.0 Å². The summed E-state index contributed by atoms with van der Waals surface area (Å²) in [5, 5.41) is 15.9. The van der Waals surface area contributed by atoms with E-state index in [1.807, 2.05) is 32.0 Å². The Morgan fingerprint density at radius 3 is 2.64 bits per heavy atom. The van der Waals surface area contributed by atoms with E-state index < -0.39 is 28.8 Å². The first-order valence-corrected chi connectivity index (χ1v) is 10.6. The van der Waals surface area contributed by atoms with Crippen LogP contribution in [0.25, 0.3) is 10.9 Å². The first-order chi connectivity index (χ1) is 15.7. The number of aromatic nitrogens is 1. The highest BCUT2D eigenvalue weighted by Gasteiger charge is 2.23. The number of carbonyl (C=O) groups excluding carboxylic acids is 2. The second kappa shape index (κ2) is 12.4. The molecule has 0 bridgehead atoms. The number of benzene rings is 1. The summed E-state index contributed by atoms with van der Waals surface area (Å²) in [5.74, 6) is -1.56. The molecule has 2 amide bonds. The second-order valence-electron chi connectivity index (χ2n) is 7.94. The van der Waals surface area contributed by atoms with Gasteiger partial charge in [-0.3, -0.25) is 9.59 Å². The third-order valence-electron chi connectivity index (χ3n) is 4.64. The van der Waals surface area contributed by atoms with Crippen molar-refractivity contribution in [2.75, 3.05) is 6.54 Å². The van der Waals surface area contributed by atoms with Crippen molar-refractivity contribution < 1.29 is 14.6 Å². The molecule has 2 aromatic rings. The molecule has 11 nitrogen and oxygen atoms in total. The summed E-state index contributed by atoms with van der Waals surface area (Å²) in [6, 6.07) is 9.85. The van der Waals surface area contributed by atoms with Crippen LogP contribution in [0.15, 0.2) is 41.4 Å². The van der Waals surface area contributed by atoms with Crippen LogP contribution < -0.4 is 21.8 Å². The number of carbonyl (C=O) groups is 2. The van der Waals surface area contributed by atoms with Crippen molar-refractivity contribution in [3.8, 4) is 0 Å². The van der Waals surface area contributed by atoms with Gasteiger partial charge in [0, 0.05) is 11.9 Å². The molecule has 174 valence electrons. The number of amides is 2. The van der Waals surface area contributed by atoms with Crippen molar-refractivity contribution in [1.82, 2.24) is 21.0 Å². The van der Waals surface area contributed by atoms with Gasteiger partial charge in [-0.15, -0.1) is 0 Å². The number of hydrazine groups is 1. The zero-order chi connectivity index (χ0) is 24.4. The maximum Gasteiger partial charge on any atom is 0.270 e. The molecule has 2 radical (unpaired) electrons. The third-order valence-corrected chi connectivity index (χ3v) is 4.64. The first kappa shape index (κ1) is 25.6. The third kappa shape index (κ3) is 8.75. The van der Waals surface area contributed by atoms with Gasteiger partial charge in [0.1, 0.15) is 11.7 Å². The molecular weight excluding hydrogens is 425 g/mol. The molecule has 1 heterocycles. The Labute approximate surface area is 193 Å². The van der Waals surface area contributed by atoms with Gasteiger partial charge in [0.2, 0.25) is 5.91 Å². The molecule has 5 N–H and O–H groups in total. The van der Waals surface area contributed by atoms with E-state index in [9.17, 15) is 19.7 Å². The maximum absolute atomic E-state index is 12.8. The molecule has 0 aliphatic carbocycles. The lowest BCUT2D eigenvalue weighted by Gasteiger charge is -2.22. The zero-order valence-electron chi connectivity index (χ0n) is 18.7. The normalized spacial score (nSPS) is 13.4. The van der Waals surface area contributed by atoms with E-state index >= 15 is 0 Å². The molecule has 0 spiro atoms. The topological polar surface area (TPSA) is 165 Å². The minimum atomic E-state index is -0.899. The summed E-state index contributed by atoms with van der Waals surface area (Å²) in [6.45, 7) is 4.09. The molecule has 0 fully saturated rings. The summed E-state index contributed by atoms with van der Waals surface area (Å²) in [7, 11) is 5.99. The zero-order valence-corrected chi connectivity index (χ0v) is 18.7. The van der Waals surface area contributed by atoms with Gasteiger partial charge in [-0.1, -0.05) is 43.5 Å². The number of nitrogens with zero attached hydrogens (tertiary/aromatic N) is 3. The maximum atomic E-state index is 12.8. The Kier molecular flexibility index (Phi) is 9.58. The van der Waals surface area contributed by atoms with E-state index in [1.54, 1.807) is 23.6 Å². The standard InChI is InChI=1S/C21H28BN7O4/c1-13(2)12-18(22)27-20(31)16(8-5-11-24-21(23)28-29(32)33)26-19(30)17-10-9-14-6-3-4-7-15(14)25-17/h3-4,6-7,9-10,13,16,18H,5,8,11-12H2,1-2H3,(H,26,30)(H,27,31)(H3,23,24,28)/t16-,18-/m0/s1. The molecule has 1 aromatic carbocycles. The fourth-order valence-electron chi connectivity index (χ4n) is 3.17. The van der Waals surface area contributed by atoms with Crippen LogP contribution in [0.1, 0.15) is 43.6 Å². The average molecular weight is 453 g/mol. The van der Waals surface area contributed by atoms with Gasteiger partial charge in [0.25, 0.3) is 11.9 Å². The molecule has 2 atom stereocenters.